The molecule has 0 saturated carbocycles. The summed E-state index contributed by atoms with van der Waals surface area (Å²) in [6.45, 7) is 6.22. The number of ether oxygens (including phenoxy) is 1. The van der Waals surface area contributed by atoms with Crippen molar-refractivity contribution >= 4 is 17.3 Å². The Balaban J connectivity index is 3.02. The van der Waals surface area contributed by atoms with Gasteiger partial charge in [0, 0.05) is 11.7 Å². The third-order valence-electron chi connectivity index (χ3n) is 1.94. The zero-order chi connectivity index (χ0) is 10.7. The molecule has 2 nitrogen and oxygen atoms in total. The molecule has 14 heavy (non-hydrogen) atoms. The molecule has 1 aromatic carbocycles. The minimum Gasteiger partial charge on any atom is -0.495 e. The maximum atomic E-state index is 6.02. The fourth-order valence-corrected chi connectivity index (χ4v) is 1.52. The highest BCUT2D eigenvalue weighted by atomic mass is 35.5. The predicted molar refractivity (Wildman–Crippen MR) is 61.5 cm³/mol. The summed E-state index contributed by atoms with van der Waals surface area (Å²) in [6.07, 6.45) is 0. The van der Waals surface area contributed by atoms with Gasteiger partial charge in [-0.25, -0.2) is 0 Å². The first kappa shape index (κ1) is 11.2. The van der Waals surface area contributed by atoms with E-state index in [1.54, 1.807) is 7.11 Å². The molecule has 0 radical (unpaired) electrons. The first-order valence-electron chi connectivity index (χ1n) is 4.65. The van der Waals surface area contributed by atoms with Crippen LogP contribution in [0.5, 0.6) is 5.75 Å². The summed E-state index contributed by atoms with van der Waals surface area (Å²) >= 11 is 6.02. The molecule has 0 bridgehead atoms. The molecular formula is C11H16ClNO. The van der Waals surface area contributed by atoms with Crippen LogP contribution in [-0.2, 0) is 0 Å². The molecule has 1 aromatic rings. The second-order valence-electron chi connectivity index (χ2n) is 3.60. The van der Waals surface area contributed by atoms with E-state index in [-0.39, 0.29) is 0 Å². The normalized spacial score (nSPS) is 10.4. The van der Waals surface area contributed by atoms with E-state index < -0.39 is 0 Å². The van der Waals surface area contributed by atoms with Gasteiger partial charge in [-0.15, -0.1) is 0 Å². The van der Waals surface area contributed by atoms with Crippen molar-refractivity contribution in [2.45, 2.75) is 26.8 Å². The summed E-state index contributed by atoms with van der Waals surface area (Å²) in [6, 6.07) is 4.24. The Labute approximate surface area is 90.2 Å². The van der Waals surface area contributed by atoms with Crippen LogP contribution in [0.2, 0.25) is 5.02 Å². The van der Waals surface area contributed by atoms with Crippen molar-refractivity contribution < 1.29 is 4.74 Å². The van der Waals surface area contributed by atoms with Crippen molar-refractivity contribution in [1.82, 2.24) is 0 Å². The Kier molecular flexibility index (Phi) is 3.64. The molecule has 0 unspecified atom stereocenters. The number of benzene rings is 1. The lowest BCUT2D eigenvalue weighted by atomic mass is 10.1. The van der Waals surface area contributed by atoms with Crippen LogP contribution in [0, 0.1) is 6.92 Å². The molecule has 78 valence electrons. The summed E-state index contributed by atoms with van der Waals surface area (Å²) in [7, 11) is 1.62. The number of aryl methyl sites for hydroxylation is 1. The molecule has 0 aliphatic heterocycles. The smallest absolute Gasteiger partial charge is 0.137 e. The largest absolute Gasteiger partial charge is 0.495 e. The number of anilines is 1. The van der Waals surface area contributed by atoms with E-state index in [2.05, 4.69) is 19.2 Å². The van der Waals surface area contributed by atoms with Crippen LogP contribution in [0.15, 0.2) is 12.1 Å². The van der Waals surface area contributed by atoms with Gasteiger partial charge in [-0.05, 0) is 38.5 Å². The summed E-state index contributed by atoms with van der Waals surface area (Å²) < 4.78 is 5.13. The molecule has 0 aliphatic carbocycles. The zero-order valence-corrected chi connectivity index (χ0v) is 9.77. The standard InChI is InChI=1S/C11H16ClNO/c1-7(2)13-10-6-9(12)11(14-4)5-8(10)3/h5-7,13H,1-4H3. The molecule has 0 aliphatic rings. The van der Waals surface area contributed by atoms with Crippen LogP contribution in [-0.4, -0.2) is 13.2 Å². The average molecular weight is 214 g/mol. The van der Waals surface area contributed by atoms with Crippen molar-refractivity contribution in [3.63, 3.8) is 0 Å². The van der Waals surface area contributed by atoms with Crippen molar-refractivity contribution in [3.05, 3.63) is 22.7 Å². The van der Waals surface area contributed by atoms with Crippen LogP contribution in [0.1, 0.15) is 19.4 Å². The van der Waals surface area contributed by atoms with Gasteiger partial charge < -0.3 is 10.1 Å². The minimum absolute atomic E-state index is 0.401. The van der Waals surface area contributed by atoms with Gasteiger partial charge in [-0.2, -0.15) is 0 Å². The monoisotopic (exact) mass is 213 g/mol. The van der Waals surface area contributed by atoms with Crippen LogP contribution >= 0.6 is 11.6 Å². The molecule has 0 amide bonds. The molecule has 3 heteroatoms. The Bertz CT molecular complexity index is 323. The van der Waals surface area contributed by atoms with Gasteiger partial charge in [-0.1, -0.05) is 11.6 Å². The van der Waals surface area contributed by atoms with Gasteiger partial charge in [0.25, 0.3) is 0 Å². The van der Waals surface area contributed by atoms with Crippen molar-refractivity contribution in [3.8, 4) is 5.75 Å². The van der Waals surface area contributed by atoms with Crippen molar-refractivity contribution in [1.29, 1.82) is 0 Å². The molecule has 1 N–H and O–H groups in total. The maximum Gasteiger partial charge on any atom is 0.137 e. The maximum absolute atomic E-state index is 6.02. The Hall–Kier alpha value is -0.890. The fraction of sp³-hybridized carbons (Fsp3) is 0.455. The lowest BCUT2D eigenvalue weighted by Gasteiger charge is -2.14. The van der Waals surface area contributed by atoms with E-state index in [1.165, 1.54) is 0 Å². The quantitative estimate of drug-likeness (QED) is 0.830. The first-order valence-corrected chi connectivity index (χ1v) is 5.03. The first-order chi connectivity index (χ1) is 6.54. The van der Waals surface area contributed by atoms with E-state index in [0.29, 0.717) is 11.1 Å². The molecule has 0 saturated heterocycles. The predicted octanol–water partition coefficient (Wildman–Crippen LogP) is 3.48. The summed E-state index contributed by atoms with van der Waals surface area (Å²) in [5.74, 6) is 0.721. The van der Waals surface area contributed by atoms with Crippen molar-refractivity contribution in [2.24, 2.45) is 0 Å². The average Bonchev–Trinajstić information content (AvgIpc) is 2.10. The molecule has 1 rings (SSSR count). The van der Waals surface area contributed by atoms with Gasteiger partial charge in [0.1, 0.15) is 5.75 Å². The SMILES string of the molecule is COc1cc(C)c(NC(C)C)cc1Cl. The van der Waals surface area contributed by atoms with Crippen LogP contribution in [0.3, 0.4) is 0 Å². The van der Waals surface area contributed by atoms with E-state index in [1.807, 2.05) is 19.1 Å². The number of methoxy groups -OCH3 is 1. The lowest BCUT2D eigenvalue weighted by Crippen LogP contribution is -2.10. The number of rotatable bonds is 3. The van der Waals surface area contributed by atoms with Gasteiger partial charge in [-0.3, -0.25) is 0 Å². The molecule has 0 atom stereocenters. The summed E-state index contributed by atoms with van der Waals surface area (Å²) in [5.41, 5.74) is 2.20. The molecular weight excluding hydrogens is 198 g/mol. The van der Waals surface area contributed by atoms with Gasteiger partial charge >= 0.3 is 0 Å². The van der Waals surface area contributed by atoms with Gasteiger partial charge in [0.2, 0.25) is 0 Å². The van der Waals surface area contributed by atoms with E-state index in [0.717, 1.165) is 17.0 Å². The number of hydrogen-bond acceptors (Lipinski definition) is 2. The van der Waals surface area contributed by atoms with Crippen molar-refractivity contribution in [2.75, 3.05) is 12.4 Å². The topological polar surface area (TPSA) is 21.3 Å². The highest BCUT2D eigenvalue weighted by Crippen LogP contribution is 2.30. The van der Waals surface area contributed by atoms with Crippen LogP contribution < -0.4 is 10.1 Å². The molecule has 0 fully saturated rings. The van der Waals surface area contributed by atoms with E-state index >= 15 is 0 Å². The van der Waals surface area contributed by atoms with Crippen LogP contribution in [0.25, 0.3) is 0 Å². The Morgan fingerprint density at radius 2 is 2.00 bits per heavy atom. The lowest BCUT2D eigenvalue weighted by molar-refractivity contribution is 0.415. The zero-order valence-electron chi connectivity index (χ0n) is 9.02. The second kappa shape index (κ2) is 4.56. The minimum atomic E-state index is 0.401. The van der Waals surface area contributed by atoms with Crippen LogP contribution in [0.4, 0.5) is 5.69 Å². The third kappa shape index (κ3) is 2.55. The van der Waals surface area contributed by atoms with Gasteiger partial charge in [0.15, 0.2) is 0 Å². The summed E-state index contributed by atoms with van der Waals surface area (Å²) in [5, 5.41) is 3.97. The molecule has 0 spiro atoms. The Morgan fingerprint density at radius 1 is 1.36 bits per heavy atom. The molecule has 0 aromatic heterocycles. The Morgan fingerprint density at radius 3 is 2.50 bits per heavy atom. The highest BCUT2D eigenvalue weighted by molar-refractivity contribution is 6.32. The number of halogens is 1. The third-order valence-corrected chi connectivity index (χ3v) is 2.24. The molecule has 0 heterocycles. The second-order valence-corrected chi connectivity index (χ2v) is 4.01. The number of hydrogen-bond donors (Lipinski definition) is 1. The van der Waals surface area contributed by atoms with Gasteiger partial charge in [0.05, 0.1) is 12.1 Å². The van der Waals surface area contributed by atoms with E-state index in [4.69, 9.17) is 16.3 Å². The van der Waals surface area contributed by atoms with E-state index in [9.17, 15) is 0 Å². The fourth-order valence-electron chi connectivity index (χ4n) is 1.28. The highest BCUT2D eigenvalue weighted by Gasteiger charge is 2.06. The summed E-state index contributed by atoms with van der Waals surface area (Å²) in [4.78, 5) is 0. The number of nitrogens with one attached hydrogen (secondary N) is 1.